The predicted molar refractivity (Wildman–Crippen MR) is 77.7 cm³/mol. The van der Waals surface area contributed by atoms with Gasteiger partial charge < -0.3 is 9.84 Å². The van der Waals surface area contributed by atoms with Gasteiger partial charge in [0.05, 0.1) is 6.04 Å². The van der Waals surface area contributed by atoms with Crippen molar-refractivity contribution in [1.29, 1.82) is 0 Å². The third-order valence-corrected chi connectivity index (χ3v) is 3.99. The highest BCUT2D eigenvalue weighted by Crippen LogP contribution is 2.37. The van der Waals surface area contributed by atoms with Gasteiger partial charge in [-0.1, -0.05) is 19.4 Å². The van der Waals surface area contributed by atoms with Crippen molar-refractivity contribution in [2.75, 3.05) is 20.2 Å². The molecule has 0 radical (unpaired) electrons. The smallest absolute Gasteiger partial charge is 0.125 e. The van der Waals surface area contributed by atoms with E-state index in [1.807, 2.05) is 13.0 Å². The van der Waals surface area contributed by atoms with Crippen LogP contribution in [-0.4, -0.2) is 36.2 Å². The van der Waals surface area contributed by atoms with Crippen LogP contribution in [0.1, 0.15) is 42.6 Å². The molecule has 3 nitrogen and oxygen atoms in total. The summed E-state index contributed by atoms with van der Waals surface area (Å²) >= 11 is 0. The van der Waals surface area contributed by atoms with Gasteiger partial charge in [-0.2, -0.15) is 0 Å². The van der Waals surface area contributed by atoms with E-state index in [-0.39, 0.29) is 6.04 Å². The molecule has 106 valence electrons. The number of benzene rings is 1. The quantitative estimate of drug-likeness (QED) is 0.906. The van der Waals surface area contributed by atoms with Crippen LogP contribution in [0, 0.1) is 13.8 Å². The molecule has 0 bridgehead atoms. The summed E-state index contributed by atoms with van der Waals surface area (Å²) in [5.41, 5.74) is 3.27. The Hall–Kier alpha value is -1.06. The van der Waals surface area contributed by atoms with Crippen LogP contribution in [0.2, 0.25) is 0 Å². The monoisotopic (exact) mass is 263 g/mol. The molecular formula is C16H25NO2. The molecule has 19 heavy (non-hydrogen) atoms. The number of aliphatic hydroxyl groups is 1. The van der Waals surface area contributed by atoms with E-state index in [0.717, 1.165) is 29.8 Å². The van der Waals surface area contributed by atoms with Gasteiger partial charge in [-0.25, -0.2) is 0 Å². The summed E-state index contributed by atoms with van der Waals surface area (Å²) in [5.74, 6) is 0.852. The van der Waals surface area contributed by atoms with Crippen LogP contribution < -0.4 is 4.74 Å². The normalized spacial score (nSPS) is 22.2. The summed E-state index contributed by atoms with van der Waals surface area (Å²) in [5, 5.41) is 10.6. The van der Waals surface area contributed by atoms with Crippen LogP contribution in [0.3, 0.4) is 0 Å². The molecule has 0 spiro atoms. The number of ether oxygens (including phenoxy) is 1. The number of hydrogen-bond acceptors (Lipinski definition) is 3. The maximum Gasteiger partial charge on any atom is 0.125 e. The lowest BCUT2D eigenvalue weighted by molar-refractivity contribution is 0.0142. The molecule has 1 heterocycles. The van der Waals surface area contributed by atoms with Gasteiger partial charge in [-0.3, -0.25) is 4.90 Å². The van der Waals surface area contributed by atoms with E-state index in [1.165, 1.54) is 12.0 Å². The molecule has 1 aliphatic rings. The molecule has 0 saturated carbocycles. The lowest BCUT2D eigenvalue weighted by Gasteiger charge is -2.37. The molecule has 1 aromatic carbocycles. The van der Waals surface area contributed by atoms with Crippen LogP contribution in [0.15, 0.2) is 12.1 Å². The van der Waals surface area contributed by atoms with Crippen molar-refractivity contribution in [2.24, 2.45) is 0 Å². The second-order valence-corrected chi connectivity index (χ2v) is 5.65. The molecule has 0 aromatic heterocycles. The maximum atomic E-state index is 10.6. The van der Waals surface area contributed by atoms with E-state index in [0.29, 0.717) is 6.61 Å². The van der Waals surface area contributed by atoms with E-state index in [4.69, 9.17) is 4.74 Å². The molecule has 2 rings (SSSR count). The first kappa shape index (κ1) is 14.4. The third-order valence-electron chi connectivity index (χ3n) is 3.99. The van der Waals surface area contributed by atoms with E-state index in [2.05, 4.69) is 31.9 Å². The minimum atomic E-state index is -0.453. The van der Waals surface area contributed by atoms with Crippen LogP contribution in [-0.2, 0) is 0 Å². The summed E-state index contributed by atoms with van der Waals surface area (Å²) < 4.78 is 5.87. The van der Waals surface area contributed by atoms with Gasteiger partial charge in [0.15, 0.2) is 0 Å². The topological polar surface area (TPSA) is 32.7 Å². The highest BCUT2D eigenvalue weighted by molar-refractivity contribution is 5.46. The summed E-state index contributed by atoms with van der Waals surface area (Å²) in [7, 11) is 2.07. The SMILES string of the molecule is CCCCN(C)C1COc2cc(C)cc(C)c2C1O. The standard InChI is InChI=1S/C16H25NO2/c1-5-6-7-17(4)13-10-19-14-9-11(2)8-12(3)15(14)16(13)18/h8-9,13,16,18H,5-7,10H2,1-4H3. The highest BCUT2D eigenvalue weighted by atomic mass is 16.5. The van der Waals surface area contributed by atoms with E-state index in [9.17, 15) is 5.11 Å². The van der Waals surface area contributed by atoms with Crippen molar-refractivity contribution in [3.8, 4) is 5.75 Å². The van der Waals surface area contributed by atoms with E-state index in [1.54, 1.807) is 0 Å². The number of likely N-dealkylation sites (N-methyl/N-ethyl adjacent to an activating group) is 1. The van der Waals surface area contributed by atoms with Crippen molar-refractivity contribution in [3.63, 3.8) is 0 Å². The molecule has 1 aliphatic heterocycles. The molecule has 3 heteroatoms. The number of nitrogens with zero attached hydrogens (tertiary/aromatic N) is 1. The van der Waals surface area contributed by atoms with Gasteiger partial charge in [0.1, 0.15) is 18.5 Å². The Labute approximate surface area is 116 Å². The van der Waals surface area contributed by atoms with Gasteiger partial charge in [0, 0.05) is 5.56 Å². The first-order chi connectivity index (χ1) is 9.04. The Balaban J connectivity index is 2.21. The summed E-state index contributed by atoms with van der Waals surface area (Å²) in [4.78, 5) is 2.22. The Morgan fingerprint density at radius 3 is 2.79 bits per heavy atom. The average Bonchev–Trinajstić information content (AvgIpc) is 2.35. The summed E-state index contributed by atoms with van der Waals surface area (Å²) in [6, 6.07) is 4.19. The van der Waals surface area contributed by atoms with Gasteiger partial charge in [0.2, 0.25) is 0 Å². The Bertz CT molecular complexity index is 445. The molecule has 0 fully saturated rings. The highest BCUT2D eigenvalue weighted by Gasteiger charge is 2.33. The van der Waals surface area contributed by atoms with Crippen LogP contribution in [0.5, 0.6) is 5.75 Å². The summed E-state index contributed by atoms with van der Waals surface area (Å²) in [6.45, 7) is 7.86. The second-order valence-electron chi connectivity index (χ2n) is 5.65. The van der Waals surface area contributed by atoms with Crippen molar-refractivity contribution in [1.82, 2.24) is 4.90 Å². The second kappa shape index (κ2) is 5.93. The lowest BCUT2D eigenvalue weighted by atomic mass is 9.92. The Kier molecular flexibility index (Phi) is 4.48. The van der Waals surface area contributed by atoms with Gasteiger partial charge in [-0.05, 0) is 51.1 Å². The number of rotatable bonds is 4. The molecule has 2 unspecified atom stereocenters. The van der Waals surface area contributed by atoms with E-state index < -0.39 is 6.10 Å². The van der Waals surface area contributed by atoms with Crippen LogP contribution >= 0.6 is 0 Å². The zero-order valence-corrected chi connectivity index (χ0v) is 12.4. The van der Waals surface area contributed by atoms with Gasteiger partial charge in [0.25, 0.3) is 0 Å². The van der Waals surface area contributed by atoms with Crippen LogP contribution in [0.25, 0.3) is 0 Å². The van der Waals surface area contributed by atoms with E-state index >= 15 is 0 Å². The third kappa shape index (κ3) is 2.93. The Morgan fingerprint density at radius 1 is 1.37 bits per heavy atom. The predicted octanol–water partition coefficient (Wildman–Crippen LogP) is 2.83. The minimum absolute atomic E-state index is 0.0560. The van der Waals surface area contributed by atoms with Gasteiger partial charge in [-0.15, -0.1) is 0 Å². The lowest BCUT2D eigenvalue weighted by Crippen LogP contribution is -2.44. The summed E-state index contributed by atoms with van der Waals surface area (Å²) in [6.07, 6.45) is 1.87. The molecule has 2 atom stereocenters. The zero-order chi connectivity index (χ0) is 14.0. The van der Waals surface area contributed by atoms with Crippen molar-refractivity contribution in [3.05, 3.63) is 28.8 Å². The maximum absolute atomic E-state index is 10.6. The van der Waals surface area contributed by atoms with Crippen LogP contribution in [0.4, 0.5) is 0 Å². The molecule has 0 amide bonds. The fourth-order valence-corrected chi connectivity index (χ4v) is 2.84. The number of aryl methyl sites for hydroxylation is 2. The number of hydrogen-bond donors (Lipinski definition) is 1. The molecule has 0 aliphatic carbocycles. The van der Waals surface area contributed by atoms with Crippen molar-refractivity contribution >= 4 is 0 Å². The number of aliphatic hydroxyl groups excluding tert-OH is 1. The molecule has 0 saturated heterocycles. The largest absolute Gasteiger partial charge is 0.491 e. The average molecular weight is 263 g/mol. The Morgan fingerprint density at radius 2 is 2.11 bits per heavy atom. The molecule has 1 N–H and O–H groups in total. The van der Waals surface area contributed by atoms with Crippen molar-refractivity contribution < 1.29 is 9.84 Å². The number of unbranched alkanes of at least 4 members (excludes halogenated alkanes) is 1. The molecular weight excluding hydrogens is 238 g/mol. The first-order valence-corrected chi connectivity index (χ1v) is 7.16. The van der Waals surface area contributed by atoms with Gasteiger partial charge >= 0.3 is 0 Å². The fourth-order valence-electron chi connectivity index (χ4n) is 2.84. The molecule has 1 aromatic rings. The first-order valence-electron chi connectivity index (χ1n) is 7.16. The van der Waals surface area contributed by atoms with Crippen molar-refractivity contribution in [2.45, 2.75) is 45.8 Å². The fraction of sp³-hybridized carbons (Fsp3) is 0.625. The minimum Gasteiger partial charge on any atom is -0.491 e. The number of fused-ring (bicyclic) bond motifs is 1. The zero-order valence-electron chi connectivity index (χ0n) is 12.4.